The molecule has 0 spiro atoms. The van der Waals surface area contributed by atoms with Gasteiger partial charge in [0.25, 0.3) is 0 Å². The fourth-order valence-electron chi connectivity index (χ4n) is 1.23. The summed E-state index contributed by atoms with van der Waals surface area (Å²) in [4.78, 5) is 0. The number of benzene rings is 1. The second-order valence-corrected chi connectivity index (χ2v) is 3.17. The first-order chi connectivity index (χ1) is 6.77. The van der Waals surface area contributed by atoms with Gasteiger partial charge < -0.3 is 10.6 Å². The highest BCUT2D eigenvalue weighted by molar-refractivity contribution is 5.51. The van der Waals surface area contributed by atoms with Crippen LogP contribution >= 0.6 is 0 Å². The maximum atomic E-state index is 8.74. The Morgan fingerprint density at radius 2 is 2.14 bits per heavy atom. The number of rotatable bonds is 4. The molecule has 0 aliphatic carbocycles. The lowest BCUT2D eigenvalue weighted by atomic mass is 10.1. The number of likely N-dealkylation sites (N-methyl/N-ethyl adjacent to an activating group) is 1. The van der Waals surface area contributed by atoms with E-state index in [1.165, 1.54) is 0 Å². The summed E-state index contributed by atoms with van der Waals surface area (Å²) in [6.45, 7) is 3.77. The van der Waals surface area contributed by atoms with Gasteiger partial charge >= 0.3 is 0 Å². The molecular formula is C11H15N3. The van der Waals surface area contributed by atoms with Crippen molar-refractivity contribution in [1.29, 1.82) is 5.26 Å². The zero-order valence-electron chi connectivity index (χ0n) is 8.59. The molecule has 3 heteroatoms. The zero-order valence-corrected chi connectivity index (χ0v) is 8.59. The number of hydrogen-bond donors (Lipinski definition) is 2. The normalized spacial score (nSPS) is 9.50. The summed E-state index contributed by atoms with van der Waals surface area (Å²) in [5, 5.41) is 15.1. The van der Waals surface area contributed by atoms with Gasteiger partial charge in [0, 0.05) is 18.8 Å². The summed E-state index contributed by atoms with van der Waals surface area (Å²) in [6, 6.07) is 7.92. The SMILES string of the molecule is CNCCNc1ccc(C#N)c(C)c1. The first-order valence-electron chi connectivity index (χ1n) is 4.67. The molecule has 0 amide bonds. The van der Waals surface area contributed by atoms with Gasteiger partial charge in [0.2, 0.25) is 0 Å². The number of hydrogen-bond acceptors (Lipinski definition) is 3. The highest BCUT2D eigenvalue weighted by atomic mass is 14.9. The van der Waals surface area contributed by atoms with Gasteiger partial charge in [0.15, 0.2) is 0 Å². The van der Waals surface area contributed by atoms with Crippen LogP contribution in [0.25, 0.3) is 0 Å². The molecule has 0 saturated carbocycles. The van der Waals surface area contributed by atoms with E-state index in [1.807, 2.05) is 32.2 Å². The van der Waals surface area contributed by atoms with Gasteiger partial charge in [-0.2, -0.15) is 5.26 Å². The Hall–Kier alpha value is -1.53. The van der Waals surface area contributed by atoms with Crippen LogP contribution in [0, 0.1) is 18.3 Å². The van der Waals surface area contributed by atoms with Gasteiger partial charge in [-0.1, -0.05) is 0 Å². The van der Waals surface area contributed by atoms with Gasteiger partial charge in [0.05, 0.1) is 11.6 Å². The van der Waals surface area contributed by atoms with Gasteiger partial charge in [-0.3, -0.25) is 0 Å². The second kappa shape index (κ2) is 5.25. The third-order valence-corrected chi connectivity index (χ3v) is 2.05. The van der Waals surface area contributed by atoms with E-state index in [-0.39, 0.29) is 0 Å². The summed E-state index contributed by atoms with van der Waals surface area (Å²) in [5.41, 5.74) is 2.82. The summed E-state index contributed by atoms with van der Waals surface area (Å²) < 4.78 is 0. The summed E-state index contributed by atoms with van der Waals surface area (Å²) in [7, 11) is 1.92. The number of aryl methyl sites for hydroxylation is 1. The highest BCUT2D eigenvalue weighted by Crippen LogP contribution is 2.13. The molecule has 0 heterocycles. The van der Waals surface area contributed by atoms with Crippen molar-refractivity contribution in [3.63, 3.8) is 0 Å². The predicted octanol–water partition coefficient (Wildman–Crippen LogP) is 1.50. The summed E-state index contributed by atoms with van der Waals surface area (Å²) >= 11 is 0. The van der Waals surface area contributed by atoms with Crippen molar-refractivity contribution in [2.24, 2.45) is 0 Å². The van der Waals surface area contributed by atoms with Crippen molar-refractivity contribution in [2.45, 2.75) is 6.92 Å². The minimum absolute atomic E-state index is 0.740. The van der Waals surface area contributed by atoms with Crippen molar-refractivity contribution in [1.82, 2.24) is 5.32 Å². The van der Waals surface area contributed by atoms with Gasteiger partial charge in [0.1, 0.15) is 0 Å². The van der Waals surface area contributed by atoms with Crippen LogP contribution in [0.2, 0.25) is 0 Å². The number of anilines is 1. The Labute approximate surface area is 84.7 Å². The van der Waals surface area contributed by atoms with Crippen LogP contribution in [0.3, 0.4) is 0 Å². The van der Waals surface area contributed by atoms with Crippen molar-refractivity contribution in [2.75, 3.05) is 25.5 Å². The van der Waals surface area contributed by atoms with Crippen molar-refractivity contribution in [3.8, 4) is 6.07 Å². The molecule has 14 heavy (non-hydrogen) atoms. The lowest BCUT2D eigenvalue weighted by Crippen LogP contribution is -2.17. The van der Waals surface area contributed by atoms with Crippen molar-refractivity contribution >= 4 is 5.69 Å². The molecule has 0 aliphatic heterocycles. The molecule has 0 saturated heterocycles. The van der Waals surface area contributed by atoms with Crippen LogP contribution in [-0.2, 0) is 0 Å². The fourth-order valence-corrected chi connectivity index (χ4v) is 1.23. The van der Waals surface area contributed by atoms with Crippen LogP contribution < -0.4 is 10.6 Å². The van der Waals surface area contributed by atoms with Gasteiger partial charge in [-0.25, -0.2) is 0 Å². The quantitative estimate of drug-likeness (QED) is 0.706. The molecule has 1 rings (SSSR count). The smallest absolute Gasteiger partial charge is 0.0994 e. The zero-order chi connectivity index (χ0) is 10.4. The molecule has 0 unspecified atom stereocenters. The minimum atomic E-state index is 0.740. The average molecular weight is 189 g/mol. The molecule has 0 bridgehead atoms. The lowest BCUT2D eigenvalue weighted by Gasteiger charge is -2.07. The topological polar surface area (TPSA) is 47.8 Å². The Bertz CT molecular complexity index is 339. The van der Waals surface area contributed by atoms with Crippen LogP contribution in [0.5, 0.6) is 0 Å². The molecule has 0 radical (unpaired) electrons. The van der Waals surface area contributed by atoms with Gasteiger partial charge in [-0.05, 0) is 37.7 Å². The standard InChI is InChI=1S/C11H15N3/c1-9-7-11(14-6-5-13-2)4-3-10(9)8-12/h3-4,7,13-14H,5-6H2,1-2H3. The second-order valence-electron chi connectivity index (χ2n) is 3.17. The van der Waals surface area contributed by atoms with Crippen molar-refractivity contribution < 1.29 is 0 Å². The Morgan fingerprint density at radius 1 is 1.36 bits per heavy atom. The van der Waals surface area contributed by atoms with E-state index in [0.717, 1.165) is 29.9 Å². The maximum Gasteiger partial charge on any atom is 0.0994 e. The maximum absolute atomic E-state index is 8.74. The minimum Gasteiger partial charge on any atom is -0.384 e. The fraction of sp³-hybridized carbons (Fsp3) is 0.364. The predicted molar refractivity (Wildman–Crippen MR) is 58.3 cm³/mol. The summed E-state index contributed by atoms with van der Waals surface area (Å²) in [5.74, 6) is 0. The first kappa shape index (κ1) is 10.6. The molecule has 1 aromatic carbocycles. The molecule has 74 valence electrons. The van der Waals surface area contributed by atoms with Crippen LogP contribution in [0.1, 0.15) is 11.1 Å². The molecule has 3 nitrogen and oxygen atoms in total. The van der Waals surface area contributed by atoms with E-state index in [4.69, 9.17) is 5.26 Å². The number of nitrogens with zero attached hydrogens (tertiary/aromatic N) is 1. The van der Waals surface area contributed by atoms with Crippen LogP contribution in [-0.4, -0.2) is 20.1 Å². The average Bonchev–Trinajstić information content (AvgIpc) is 2.18. The Morgan fingerprint density at radius 3 is 2.71 bits per heavy atom. The van der Waals surface area contributed by atoms with E-state index >= 15 is 0 Å². The first-order valence-corrected chi connectivity index (χ1v) is 4.67. The largest absolute Gasteiger partial charge is 0.384 e. The van der Waals surface area contributed by atoms with E-state index in [0.29, 0.717) is 0 Å². The van der Waals surface area contributed by atoms with E-state index in [2.05, 4.69) is 16.7 Å². The molecule has 2 N–H and O–H groups in total. The lowest BCUT2D eigenvalue weighted by molar-refractivity contribution is 0.824. The molecule has 0 aliphatic rings. The molecule has 0 aromatic heterocycles. The molecule has 0 fully saturated rings. The number of nitriles is 1. The molecular weight excluding hydrogens is 174 g/mol. The summed E-state index contributed by atoms with van der Waals surface area (Å²) in [6.07, 6.45) is 0. The van der Waals surface area contributed by atoms with Crippen molar-refractivity contribution in [3.05, 3.63) is 29.3 Å². The highest BCUT2D eigenvalue weighted by Gasteiger charge is 1.97. The van der Waals surface area contributed by atoms with E-state index in [9.17, 15) is 0 Å². The Kier molecular flexibility index (Phi) is 3.96. The van der Waals surface area contributed by atoms with Crippen LogP contribution in [0.15, 0.2) is 18.2 Å². The Balaban J connectivity index is 2.63. The van der Waals surface area contributed by atoms with E-state index < -0.39 is 0 Å². The molecule has 1 aromatic rings. The van der Waals surface area contributed by atoms with Gasteiger partial charge in [-0.15, -0.1) is 0 Å². The van der Waals surface area contributed by atoms with Crippen LogP contribution in [0.4, 0.5) is 5.69 Å². The van der Waals surface area contributed by atoms with E-state index in [1.54, 1.807) is 0 Å². The third kappa shape index (κ3) is 2.75. The monoisotopic (exact) mass is 189 g/mol. The molecule has 0 atom stereocenters. The third-order valence-electron chi connectivity index (χ3n) is 2.05. The number of nitrogens with one attached hydrogen (secondary N) is 2.